The van der Waals surface area contributed by atoms with E-state index in [-0.39, 0.29) is 0 Å². The second-order valence-electron chi connectivity index (χ2n) is 4.88. The third kappa shape index (κ3) is 3.30. The fraction of sp³-hybridized carbons (Fsp3) is 0.571. The summed E-state index contributed by atoms with van der Waals surface area (Å²) in [7, 11) is 1.68. The Hall–Kier alpha value is -0.930. The summed E-state index contributed by atoms with van der Waals surface area (Å²) in [5.41, 5.74) is 2.11. The summed E-state index contributed by atoms with van der Waals surface area (Å²) < 4.78 is 5.36. The Kier molecular flexibility index (Phi) is 4.72. The van der Waals surface area contributed by atoms with Crippen molar-refractivity contribution in [1.82, 2.24) is 5.32 Å². The van der Waals surface area contributed by atoms with Gasteiger partial charge < -0.3 is 15.4 Å². The number of methoxy groups -OCH3 is 1. The lowest BCUT2D eigenvalue weighted by atomic mass is 9.98. The number of rotatable bonds is 4. The molecule has 3 nitrogen and oxygen atoms in total. The quantitative estimate of drug-likeness (QED) is 0.881. The molecule has 1 fully saturated rings. The molecular weight excluding hydrogens is 248 g/mol. The first-order chi connectivity index (χ1) is 8.70. The van der Waals surface area contributed by atoms with Crippen LogP contribution < -0.4 is 15.4 Å². The molecule has 2 rings (SSSR count). The van der Waals surface area contributed by atoms with E-state index in [1.807, 2.05) is 13.0 Å². The van der Waals surface area contributed by atoms with Crippen molar-refractivity contribution in [3.63, 3.8) is 0 Å². The van der Waals surface area contributed by atoms with Gasteiger partial charge in [0.15, 0.2) is 0 Å². The molecule has 1 saturated heterocycles. The number of ether oxygens (including phenoxy) is 1. The molecule has 1 aromatic carbocycles. The Morgan fingerprint density at radius 2 is 2.11 bits per heavy atom. The van der Waals surface area contributed by atoms with Crippen molar-refractivity contribution in [2.24, 2.45) is 5.92 Å². The van der Waals surface area contributed by atoms with Gasteiger partial charge in [-0.25, -0.2) is 0 Å². The standard InChI is InChI=1S/C14H21ClN2O/c1-10-7-13(14(18-2)8-12(10)15)17-9-11-3-5-16-6-4-11/h7-8,11,16-17H,3-6,9H2,1-2H3. The minimum Gasteiger partial charge on any atom is -0.495 e. The highest BCUT2D eigenvalue weighted by atomic mass is 35.5. The summed E-state index contributed by atoms with van der Waals surface area (Å²) in [4.78, 5) is 0. The summed E-state index contributed by atoms with van der Waals surface area (Å²) in [6.07, 6.45) is 2.48. The van der Waals surface area contributed by atoms with E-state index in [2.05, 4.69) is 16.7 Å². The Bertz CT molecular complexity index is 403. The second kappa shape index (κ2) is 6.30. The summed E-state index contributed by atoms with van der Waals surface area (Å²) in [5.74, 6) is 1.56. The van der Waals surface area contributed by atoms with Gasteiger partial charge in [-0.1, -0.05) is 11.6 Å². The second-order valence-corrected chi connectivity index (χ2v) is 5.28. The van der Waals surface area contributed by atoms with Crippen LogP contribution in [0, 0.1) is 12.8 Å². The Balaban J connectivity index is 2.01. The number of anilines is 1. The van der Waals surface area contributed by atoms with Gasteiger partial charge in [-0.3, -0.25) is 0 Å². The SMILES string of the molecule is COc1cc(Cl)c(C)cc1NCC1CCNCC1. The van der Waals surface area contributed by atoms with Crippen molar-refractivity contribution in [2.45, 2.75) is 19.8 Å². The molecule has 1 aliphatic rings. The van der Waals surface area contributed by atoms with Crippen molar-refractivity contribution in [1.29, 1.82) is 0 Å². The number of piperidine rings is 1. The van der Waals surface area contributed by atoms with Crippen LogP contribution in [0.3, 0.4) is 0 Å². The molecule has 0 radical (unpaired) electrons. The first kappa shape index (κ1) is 13.5. The van der Waals surface area contributed by atoms with Crippen LogP contribution in [-0.4, -0.2) is 26.7 Å². The lowest BCUT2D eigenvalue weighted by Gasteiger charge is -2.24. The maximum absolute atomic E-state index is 6.10. The van der Waals surface area contributed by atoms with Crippen LogP contribution in [0.1, 0.15) is 18.4 Å². The zero-order chi connectivity index (χ0) is 13.0. The van der Waals surface area contributed by atoms with E-state index in [1.54, 1.807) is 7.11 Å². The fourth-order valence-electron chi connectivity index (χ4n) is 2.31. The Morgan fingerprint density at radius 3 is 2.78 bits per heavy atom. The molecule has 1 aromatic rings. The van der Waals surface area contributed by atoms with E-state index in [4.69, 9.17) is 16.3 Å². The fourth-order valence-corrected chi connectivity index (χ4v) is 2.46. The van der Waals surface area contributed by atoms with Gasteiger partial charge >= 0.3 is 0 Å². The van der Waals surface area contributed by atoms with E-state index in [0.29, 0.717) is 0 Å². The number of benzene rings is 1. The molecular formula is C14H21ClN2O. The largest absolute Gasteiger partial charge is 0.495 e. The number of aryl methyl sites for hydroxylation is 1. The molecule has 1 aliphatic heterocycles. The molecule has 4 heteroatoms. The van der Waals surface area contributed by atoms with Gasteiger partial charge in [-0.15, -0.1) is 0 Å². The minimum atomic E-state index is 0.743. The van der Waals surface area contributed by atoms with Crippen molar-refractivity contribution in [3.8, 4) is 5.75 Å². The van der Waals surface area contributed by atoms with Crippen molar-refractivity contribution < 1.29 is 4.74 Å². The van der Waals surface area contributed by atoms with Gasteiger partial charge in [-0.05, 0) is 50.4 Å². The van der Waals surface area contributed by atoms with E-state index in [9.17, 15) is 0 Å². The summed E-state index contributed by atoms with van der Waals surface area (Å²) in [5, 5.41) is 7.62. The molecule has 0 amide bonds. The highest BCUT2D eigenvalue weighted by Gasteiger charge is 2.14. The average molecular weight is 269 g/mol. The predicted molar refractivity (Wildman–Crippen MR) is 76.8 cm³/mol. The van der Waals surface area contributed by atoms with Crippen molar-refractivity contribution in [3.05, 3.63) is 22.7 Å². The van der Waals surface area contributed by atoms with Crippen LogP contribution in [0.25, 0.3) is 0 Å². The molecule has 0 unspecified atom stereocenters. The van der Waals surface area contributed by atoms with Gasteiger partial charge in [0.2, 0.25) is 0 Å². The van der Waals surface area contributed by atoms with Gasteiger partial charge in [0.1, 0.15) is 5.75 Å². The average Bonchev–Trinajstić information content (AvgIpc) is 2.41. The summed E-state index contributed by atoms with van der Waals surface area (Å²) in [6.45, 7) is 5.27. The molecule has 100 valence electrons. The predicted octanol–water partition coefficient (Wildman–Crippen LogP) is 3.07. The molecule has 0 saturated carbocycles. The van der Waals surface area contributed by atoms with E-state index in [1.165, 1.54) is 12.8 Å². The van der Waals surface area contributed by atoms with Crippen molar-refractivity contribution in [2.75, 3.05) is 32.1 Å². The molecule has 1 heterocycles. The number of nitrogens with one attached hydrogen (secondary N) is 2. The summed E-state index contributed by atoms with van der Waals surface area (Å²) in [6, 6.07) is 3.93. The maximum Gasteiger partial charge on any atom is 0.143 e. The monoisotopic (exact) mass is 268 g/mol. The highest BCUT2D eigenvalue weighted by molar-refractivity contribution is 6.31. The third-order valence-corrected chi connectivity index (χ3v) is 3.93. The van der Waals surface area contributed by atoms with E-state index < -0.39 is 0 Å². The topological polar surface area (TPSA) is 33.3 Å². The van der Waals surface area contributed by atoms with Crippen LogP contribution in [0.4, 0.5) is 5.69 Å². The van der Waals surface area contributed by atoms with E-state index >= 15 is 0 Å². The highest BCUT2D eigenvalue weighted by Crippen LogP contribution is 2.31. The Labute approximate surface area is 114 Å². The number of halogens is 1. The zero-order valence-corrected chi connectivity index (χ0v) is 11.8. The molecule has 0 bridgehead atoms. The van der Waals surface area contributed by atoms with Crippen LogP contribution >= 0.6 is 11.6 Å². The molecule has 0 aromatic heterocycles. The normalized spacial score (nSPS) is 16.6. The van der Waals surface area contributed by atoms with Crippen LogP contribution in [-0.2, 0) is 0 Å². The van der Waals surface area contributed by atoms with Crippen molar-refractivity contribution >= 4 is 17.3 Å². The van der Waals surface area contributed by atoms with E-state index in [0.717, 1.165) is 47.6 Å². The molecule has 2 N–H and O–H groups in total. The minimum absolute atomic E-state index is 0.743. The molecule has 0 aliphatic carbocycles. The number of hydrogen-bond donors (Lipinski definition) is 2. The third-order valence-electron chi connectivity index (χ3n) is 3.52. The maximum atomic E-state index is 6.10. The molecule has 0 spiro atoms. The van der Waals surface area contributed by atoms with Crippen LogP contribution in [0.2, 0.25) is 5.02 Å². The van der Waals surface area contributed by atoms with Crippen LogP contribution in [0.15, 0.2) is 12.1 Å². The van der Waals surface area contributed by atoms with Crippen LogP contribution in [0.5, 0.6) is 5.75 Å². The van der Waals surface area contributed by atoms with Gasteiger partial charge in [-0.2, -0.15) is 0 Å². The number of hydrogen-bond acceptors (Lipinski definition) is 3. The molecule has 18 heavy (non-hydrogen) atoms. The lowest BCUT2D eigenvalue weighted by molar-refractivity contribution is 0.387. The smallest absolute Gasteiger partial charge is 0.143 e. The van der Waals surface area contributed by atoms with Gasteiger partial charge in [0, 0.05) is 17.6 Å². The first-order valence-corrected chi connectivity index (χ1v) is 6.87. The lowest BCUT2D eigenvalue weighted by Crippen LogP contribution is -2.31. The molecule has 0 atom stereocenters. The first-order valence-electron chi connectivity index (χ1n) is 6.49. The van der Waals surface area contributed by atoms with Gasteiger partial charge in [0.05, 0.1) is 12.8 Å². The van der Waals surface area contributed by atoms with Gasteiger partial charge in [0.25, 0.3) is 0 Å². The Morgan fingerprint density at radius 1 is 1.39 bits per heavy atom. The zero-order valence-electron chi connectivity index (χ0n) is 11.1. The summed E-state index contributed by atoms with van der Waals surface area (Å²) >= 11 is 6.10.